The van der Waals surface area contributed by atoms with E-state index in [-0.39, 0.29) is 12.2 Å². The van der Waals surface area contributed by atoms with Crippen LogP contribution in [0.15, 0.2) is 33.6 Å². The lowest BCUT2D eigenvalue weighted by Gasteiger charge is -1.98. The molecular formula is C10H9BrN2O2. The minimum Gasteiger partial charge on any atom is -0.446 e. The molecule has 2 rings (SSSR count). The smallest absolute Gasteiger partial charge is 0.205 e. The van der Waals surface area contributed by atoms with Crippen LogP contribution in [0.2, 0.25) is 0 Å². The molecule has 0 aromatic carbocycles. The van der Waals surface area contributed by atoms with Crippen molar-refractivity contribution in [2.75, 3.05) is 0 Å². The number of furan rings is 1. The van der Waals surface area contributed by atoms with E-state index in [9.17, 15) is 4.79 Å². The maximum Gasteiger partial charge on any atom is 0.205 e. The van der Waals surface area contributed by atoms with Crippen molar-refractivity contribution in [2.45, 2.75) is 6.42 Å². The third-order valence-electron chi connectivity index (χ3n) is 2.09. The lowest BCUT2D eigenvalue weighted by molar-refractivity contribution is 0.0962. The van der Waals surface area contributed by atoms with Crippen molar-refractivity contribution in [3.8, 4) is 0 Å². The van der Waals surface area contributed by atoms with Gasteiger partial charge in [-0.05, 0) is 28.1 Å². The minimum atomic E-state index is -0.0741. The molecule has 0 radical (unpaired) electrons. The number of carbonyl (C=O) groups excluding carboxylic acids is 1. The zero-order chi connectivity index (χ0) is 10.8. The van der Waals surface area contributed by atoms with Crippen LogP contribution in [-0.4, -0.2) is 15.3 Å². The highest BCUT2D eigenvalue weighted by Crippen LogP contribution is 2.15. The average molecular weight is 269 g/mol. The van der Waals surface area contributed by atoms with E-state index in [4.69, 9.17) is 4.42 Å². The molecule has 2 heterocycles. The van der Waals surface area contributed by atoms with Gasteiger partial charge in [-0.1, -0.05) is 0 Å². The van der Waals surface area contributed by atoms with E-state index in [1.807, 2.05) is 11.6 Å². The lowest BCUT2D eigenvalue weighted by Crippen LogP contribution is -2.07. The molecule has 4 nitrogen and oxygen atoms in total. The number of imidazole rings is 1. The number of aryl methyl sites for hydroxylation is 1. The second-order valence-electron chi connectivity index (χ2n) is 3.16. The summed E-state index contributed by atoms with van der Waals surface area (Å²) in [5, 5.41) is 0. The summed E-state index contributed by atoms with van der Waals surface area (Å²) in [4.78, 5) is 15.8. The Labute approximate surface area is 95.0 Å². The van der Waals surface area contributed by atoms with Crippen molar-refractivity contribution in [1.82, 2.24) is 9.55 Å². The zero-order valence-electron chi connectivity index (χ0n) is 8.11. The van der Waals surface area contributed by atoms with E-state index in [1.165, 1.54) is 0 Å². The largest absolute Gasteiger partial charge is 0.446 e. The highest BCUT2D eigenvalue weighted by Gasteiger charge is 2.13. The van der Waals surface area contributed by atoms with Gasteiger partial charge in [0.2, 0.25) is 5.78 Å². The first kappa shape index (κ1) is 10.2. The number of carbonyl (C=O) groups is 1. The Morgan fingerprint density at radius 2 is 2.40 bits per heavy atom. The van der Waals surface area contributed by atoms with Gasteiger partial charge in [-0.15, -0.1) is 0 Å². The molecule has 15 heavy (non-hydrogen) atoms. The first-order chi connectivity index (χ1) is 7.16. The highest BCUT2D eigenvalue weighted by molar-refractivity contribution is 9.10. The van der Waals surface area contributed by atoms with Gasteiger partial charge in [0, 0.05) is 19.4 Å². The number of hydrogen-bond acceptors (Lipinski definition) is 3. The Bertz CT molecular complexity index is 487. The maximum atomic E-state index is 11.7. The molecule has 0 aliphatic carbocycles. The summed E-state index contributed by atoms with van der Waals surface area (Å²) < 4.78 is 7.54. The molecule has 0 saturated heterocycles. The summed E-state index contributed by atoms with van der Waals surface area (Å²) in [7, 11) is 1.85. The third kappa shape index (κ3) is 2.18. The molecule has 0 fully saturated rings. The van der Waals surface area contributed by atoms with E-state index < -0.39 is 0 Å². The van der Waals surface area contributed by atoms with Gasteiger partial charge in [0.05, 0.1) is 6.42 Å². The number of nitrogens with zero attached hydrogens (tertiary/aromatic N) is 2. The number of hydrogen-bond donors (Lipinski definition) is 0. The Balaban J connectivity index is 2.14. The van der Waals surface area contributed by atoms with Crippen LogP contribution in [0.3, 0.4) is 0 Å². The molecule has 0 amide bonds. The molecule has 2 aromatic heterocycles. The molecule has 0 aliphatic heterocycles. The van der Waals surface area contributed by atoms with Crippen molar-refractivity contribution in [3.05, 3.63) is 40.8 Å². The van der Waals surface area contributed by atoms with E-state index in [0.29, 0.717) is 10.4 Å². The van der Waals surface area contributed by atoms with E-state index >= 15 is 0 Å². The van der Waals surface area contributed by atoms with Crippen LogP contribution in [0.4, 0.5) is 0 Å². The first-order valence-electron chi connectivity index (χ1n) is 4.41. The zero-order valence-corrected chi connectivity index (χ0v) is 9.69. The van der Waals surface area contributed by atoms with Crippen molar-refractivity contribution < 1.29 is 9.21 Å². The van der Waals surface area contributed by atoms with Crippen LogP contribution in [0.5, 0.6) is 0 Å². The van der Waals surface area contributed by atoms with Crippen molar-refractivity contribution in [3.63, 3.8) is 0 Å². The molecular weight excluding hydrogens is 260 g/mol. The molecule has 5 heteroatoms. The van der Waals surface area contributed by atoms with Gasteiger partial charge in [-0.25, -0.2) is 4.98 Å². The van der Waals surface area contributed by atoms with E-state index in [1.54, 1.807) is 24.5 Å². The van der Waals surface area contributed by atoms with Crippen LogP contribution < -0.4 is 0 Å². The van der Waals surface area contributed by atoms with Gasteiger partial charge in [0.1, 0.15) is 5.82 Å². The molecule has 0 saturated carbocycles. The van der Waals surface area contributed by atoms with Crippen LogP contribution in [0, 0.1) is 0 Å². The molecule has 0 bridgehead atoms. The molecule has 78 valence electrons. The Kier molecular flexibility index (Phi) is 2.73. The minimum absolute atomic E-state index is 0.0741. The molecule has 0 atom stereocenters. The second kappa shape index (κ2) is 4.02. The molecule has 0 aliphatic rings. The summed E-state index contributed by atoms with van der Waals surface area (Å²) in [6.45, 7) is 0. The average Bonchev–Trinajstić information content (AvgIpc) is 2.77. The molecule has 0 spiro atoms. The first-order valence-corrected chi connectivity index (χ1v) is 5.21. The predicted molar refractivity (Wildman–Crippen MR) is 57.7 cm³/mol. The third-order valence-corrected chi connectivity index (χ3v) is 2.51. The van der Waals surface area contributed by atoms with Crippen LogP contribution in [0.25, 0.3) is 0 Å². The fourth-order valence-electron chi connectivity index (χ4n) is 1.26. The number of ketones is 1. The molecule has 0 unspecified atom stereocenters. The standard InChI is InChI=1S/C10H9BrN2O2/c1-13-5-4-12-10(13)6-7(14)8-2-3-9(11)15-8/h2-5H,6H2,1H3. The van der Waals surface area contributed by atoms with Crippen molar-refractivity contribution >= 4 is 21.7 Å². The van der Waals surface area contributed by atoms with E-state index in [2.05, 4.69) is 20.9 Å². The monoisotopic (exact) mass is 268 g/mol. The maximum absolute atomic E-state index is 11.7. The van der Waals surface area contributed by atoms with E-state index in [0.717, 1.165) is 5.82 Å². The SMILES string of the molecule is Cn1ccnc1CC(=O)c1ccc(Br)o1. The molecule has 0 N–H and O–H groups in total. The van der Waals surface area contributed by atoms with Gasteiger partial charge in [-0.2, -0.15) is 0 Å². The Hall–Kier alpha value is -1.36. The summed E-state index contributed by atoms with van der Waals surface area (Å²) in [6, 6.07) is 3.35. The fourth-order valence-corrected chi connectivity index (χ4v) is 1.57. The van der Waals surface area contributed by atoms with Crippen LogP contribution in [-0.2, 0) is 13.5 Å². The number of Topliss-reactive ketones (excluding diaryl/α,β-unsaturated/α-hetero) is 1. The van der Waals surface area contributed by atoms with Gasteiger partial charge < -0.3 is 8.98 Å². The van der Waals surface area contributed by atoms with Crippen molar-refractivity contribution in [1.29, 1.82) is 0 Å². The van der Waals surface area contributed by atoms with Gasteiger partial charge >= 0.3 is 0 Å². The van der Waals surface area contributed by atoms with Gasteiger partial charge in [0.15, 0.2) is 10.4 Å². The van der Waals surface area contributed by atoms with Crippen LogP contribution in [0.1, 0.15) is 16.4 Å². The second-order valence-corrected chi connectivity index (χ2v) is 3.94. The number of rotatable bonds is 3. The molecule has 2 aromatic rings. The quantitative estimate of drug-likeness (QED) is 0.802. The summed E-state index contributed by atoms with van der Waals surface area (Å²) in [5.74, 6) is 1.01. The van der Waals surface area contributed by atoms with Gasteiger partial charge in [0.25, 0.3) is 0 Å². The Morgan fingerprint density at radius 1 is 1.60 bits per heavy atom. The highest BCUT2D eigenvalue weighted by atomic mass is 79.9. The lowest BCUT2D eigenvalue weighted by atomic mass is 10.2. The summed E-state index contributed by atoms with van der Waals surface area (Å²) in [5.41, 5.74) is 0. The predicted octanol–water partition coefficient (Wildman–Crippen LogP) is 2.20. The summed E-state index contributed by atoms with van der Waals surface area (Å²) >= 11 is 3.15. The number of aromatic nitrogens is 2. The fraction of sp³-hybridized carbons (Fsp3) is 0.200. The van der Waals surface area contributed by atoms with Gasteiger partial charge in [-0.3, -0.25) is 4.79 Å². The van der Waals surface area contributed by atoms with Crippen molar-refractivity contribution in [2.24, 2.45) is 7.05 Å². The topological polar surface area (TPSA) is 48.0 Å². The number of halogens is 1. The Morgan fingerprint density at radius 3 is 2.93 bits per heavy atom. The van der Waals surface area contributed by atoms with Crippen LogP contribution >= 0.6 is 15.9 Å². The normalized spacial score (nSPS) is 10.5. The summed E-state index contributed by atoms with van der Waals surface area (Å²) in [6.07, 6.45) is 3.73.